The summed E-state index contributed by atoms with van der Waals surface area (Å²) in [5.41, 5.74) is -2.17. The van der Waals surface area contributed by atoms with Crippen molar-refractivity contribution >= 4 is 27.4 Å². The fourth-order valence-corrected chi connectivity index (χ4v) is 3.83. The van der Waals surface area contributed by atoms with Crippen LogP contribution in [0.15, 0.2) is 47.4 Å². The Balaban J connectivity index is 2.08. The number of benzene rings is 2. The lowest BCUT2D eigenvalue weighted by molar-refractivity contribution is -0.396. The van der Waals surface area contributed by atoms with E-state index in [0.29, 0.717) is 17.4 Å². The second kappa shape index (κ2) is 9.70. The van der Waals surface area contributed by atoms with Crippen LogP contribution in [0.25, 0.3) is 0 Å². The standard InChI is InChI=1S/C19H21N3O9S/c1-3-19(2,18(23)24)31-15-7-4-13(5-8-15)10-11-20-32(29,30)17-9-6-14(21(25)26)12-16(17)22(27)28/h4-9,12,20H,3,10-11H2,1-2H3,(H,23,24). The summed E-state index contributed by atoms with van der Waals surface area (Å²) >= 11 is 0. The van der Waals surface area contributed by atoms with Crippen molar-refractivity contribution in [1.82, 2.24) is 4.72 Å². The molecule has 0 aliphatic rings. The lowest BCUT2D eigenvalue weighted by Crippen LogP contribution is -2.40. The number of carbonyl (C=O) groups is 1. The summed E-state index contributed by atoms with van der Waals surface area (Å²) in [7, 11) is -4.30. The molecule has 1 unspecified atom stereocenters. The molecular weight excluding hydrogens is 446 g/mol. The molecule has 32 heavy (non-hydrogen) atoms. The van der Waals surface area contributed by atoms with Gasteiger partial charge in [-0.2, -0.15) is 0 Å². The van der Waals surface area contributed by atoms with Crippen LogP contribution in [0.1, 0.15) is 25.8 Å². The smallest absolute Gasteiger partial charge is 0.347 e. The second-order valence-corrected chi connectivity index (χ2v) is 8.68. The topological polar surface area (TPSA) is 179 Å². The third kappa shape index (κ3) is 5.76. The number of aliphatic carboxylic acids is 1. The predicted molar refractivity (Wildman–Crippen MR) is 112 cm³/mol. The van der Waals surface area contributed by atoms with Crippen LogP contribution in [0.4, 0.5) is 11.4 Å². The summed E-state index contributed by atoms with van der Waals surface area (Å²) in [6.45, 7) is 3.04. The zero-order valence-corrected chi connectivity index (χ0v) is 18.0. The number of non-ortho nitro benzene ring substituents is 1. The molecule has 0 aliphatic carbocycles. The van der Waals surface area contributed by atoms with E-state index in [2.05, 4.69) is 4.72 Å². The maximum absolute atomic E-state index is 12.5. The number of carboxylic acid groups (broad SMARTS) is 1. The van der Waals surface area contributed by atoms with E-state index in [9.17, 15) is 38.5 Å². The fourth-order valence-electron chi connectivity index (χ4n) is 2.65. The molecule has 0 spiro atoms. The van der Waals surface area contributed by atoms with Crippen molar-refractivity contribution in [2.24, 2.45) is 0 Å². The molecule has 1 atom stereocenters. The molecule has 0 heterocycles. The van der Waals surface area contributed by atoms with Crippen molar-refractivity contribution in [3.63, 3.8) is 0 Å². The van der Waals surface area contributed by atoms with E-state index in [4.69, 9.17) is 4.74 Å². The first kappa shape index (κ1) is 24.7. The number of sulfonamides is 1. The normalized spacial score (nSPS) is 13.2. The summed E-state index contributed by atoms with van der Waals surface area (Å²) in [4.78, 5) is 30.8. The molecule has 0 saturated heterocycles. The Morgan fingerprint density at radius 3 is 2.25 bits per heavy atom. The Morgan fingerprint density at radius 1 is 1.12 bits per heavy atom. The van der Waals surface area contributed by atoms with Crippen LogP contribution in [-0.4, -0.2) is 41.5 Å². The molecule has 172 valence electrons. The molecule has 2 rings (SSSR count). The Hall–Kier alpha value is -3.58. The number of rotatable bonds is 11. The highest BCUT2D eigenvalue weighted by Gasteiger charge is 2.33. The van der Waals surface area contributed by atoms with Crippen LogP contribution in [0.2, 0.25) is 0 Å². The minimum atomic E-state index is -4.30. The summed E-state index contributed by atoms with van der Waals surface area (Å²) in [5, 5.41) is 31.2. The molecule has 0 saturated carbocycles. The van der Waals surface area contributed by atoms with Crippen molar-refractivity contribution in [3.05, 3.63) is 68.3 Å². The van der Waals surface area contributed by atoms with Gasteiger partial charge in [0.2, 0.25) is 15.6 Å². The summed E-state index contributed by atoms with van der Waals surface area (Å²) in [5.74, 6) is -0.763. The van der Waals surface area contributed by atoms with Crippen molar-refractivity contribution in [2.45, 2.75) is 37.2 Å². The van der Waals surface area contributed by atoms with Gasteiger partial charge in [0, 0.05) is 12.6 Å². The highest BCUT2D eigenvalue weighted by molar-refractivity contribution is 7.89. The Labute approximate surface area is 183 Å². The lowest BCUT2D eigenvalue weighted by Gasteiger charge is -2.24. The van der Waals surface area contributed by atoms with E-state index >= 15 is 0 Å². The average Bonchev–Trinajstić information content (AvgIpc) is 2.74. The molecule has 0 aromatic heterocycles. The Bertz CT molecular complexity index is 1130. The summed E-state index contributed by atoms with van der Waals surface area (Å²) in [6.07, 6.45) is 0.477. The van der Waals surface area contributed by atoms with E-state index in [1.807, 2.05) is 0 Å². The first-order valence-electron chi connectivity index (χ1n) is 9.33. The third-order valence-corrected chi connectivity index (χ3v) is 6.25. The highest BCUT2D eigenvalue weighted by Crippen LogP contribution is 2.28. The van der Waals surface area contributed by atoms with Gasteiger partial charge in [0.25, 0.3) is 11.4 Å². The summed E-state index contributed by atoms with van der Waals surface area (Å²) in [6, 6.07) is 8.67. The first-order chi connectivity index (χ1) is 14.9. The minimum Gasteiger partial charge on any atom is -0.478 e. The highest BCUT2D eigenvalue weighted by atomic mass is 32.2. The minimum absolute atomic E-state index is 0.0987. The zero-order valence-electron chi connectivity index (χ0n) is 17.2. The Kier molecular flexibility index (Phi) is 7.48. The van der Waals surface area contributed by atoms with Gasteiger partial charge in [-0.25, -0.2) is 17.9 Å². The zero-order chi connectivity index (χ0) is 24.1. The van der Waals surface area contributed by atoms with Crippen molar-refractivity contribution in [2.75, 3.05) is 6.54 Å². The number of nitrogens with one attached hydrogen (secondary N) is 1. The molecule has 0 fully saturated rings. The Morgan fingerprint density at radius 2 is 1.75 bits per heavy atom. The van der Waals surface area contributed by atoms with E-state index in [-0.39, 0.29) is 19.4 Å². The van der Waals surface area contributed by atoms with Gasteiger partial charge in [-0.05, 0) is 43.5 Å². The van der Waals surface area contributed by atoms with E-state index < -0.39 is 47.7 Å². The van der Waals surface area contributed by atoms with Crippen molar-refractivity contribution in [1.29, 1.82) is 0 Å². The van der Waals surface area contributed by atoms with Gasteiger partial charge in [-0.15, -0.1) is 0 Å². The van der Waals surface area contributed by atoms with Crippen LogP contribution < -0.4 is 9.46 Å². The van der Waals surface area contributed by atoms with Crippen molar-refractivity contribution < 1.29 is 32.9 Å². The van der Waals surface area contributed by atoms with E-state index in [1.165, 1.54) is 6.92 Å². The van der Waals surface area contributed by atoms with Gasteiger partial charge in [0.05, 0.1) is 15.9 Å². The molecule has 0 aliphatic heterocycles. The van der Waals surface area contributed by atoms with Gasteiger partial charge in [0.1, 0.15) is 5.75 Å². The van der Waals surface area contributed by atoms with Gasteiger partial charge < -0.3 is 9.84 Å². The fraction of sp³-hybridized carbons (Fsp3) is 0.316. The third-order valence-electron chi connectivity index (χ3n) is 4.74. The van der Waals surface area contributed by atoms with Gasteiger partial charge >= 0.3 is 5.97 Å². The maximum Gasteiger partial charge on any atom is 0.347 e. The molecule has 2 N–H and O–H groups in total. The first-order valence-corrected chi connectivity index (χ1v) is 10.8. The average molecular weight is 467 g/mol. The van der Waals surface area contributed by atoms with Gasteiger partial charge in [0.15, 0.2) is 4.90 Å². The van der Waals surface area contributed by atoms with Crippen LogP contribution in [0.3, 0.4) is 0 Å². The van der Waals surface area contributed by atoms with Crippen LogP contribution in [0.5, 0.6) is 5.75 Å². The SMILES string of the molecule is CCC(C)(Oc1ccc(CCNS(=O)(=O)c2ccc([N+](=O)[O-])cc2[N+](=O)[O-])cc1)C(=O)O. The van der Waals surface area contributed by atoms with Crippen LogP contribution in [0, 0.1) is 20.2 Å². The molecule has 2 aromatic carbocycles. The van der Waals surface area contributed by atoms with E-state index in [1.54, 1.807) is 31.2 Å². The quantitative estimate of drug-likeness (QED) is 0.371. The van der Waals surface area contributed by atoms with Crippen molar-refractivity contribution in [3.8, 4) is 5.75 Å². The number of nitrogens with zero attached hydrogens (tertiary/aromatic N) is 2. The van der Waals surface area contributed by atoms with Crippen LogP contribution in [-0.2, 0) is 21.2 Å². The second-order valence-electron chi connectivity index (χ2n) is 6.95. The van der Waals surface area contributed by atoms with Crippen LogP contribution >= 0.6 is 0 Å². The van der Waals surface area contributed by atoms with Gasteiger partial charge in [-0.3, -0.25) is 20.2 Å². The molecule has 0 bridgehead atoms. The summed E-state index contributed by atoms with van der Waals surface area (Å²) < 4.78 is 32.7. The number of hydrogen-bond acceptors (Lipinski definition) is 8. The monoisotopic (exact) mass is 467 g/mol. The number of nitro groups is 2. The number of hydrogen-bond donors (Lipinski definition) is 2. The molecule has 2 aromatic rings. The molecule has 13 heteroatoms. The van der Waals surface area contributed by atoms with Gasteiger partial charge in [-0.1, -0.05) is 19.1 Å². The number of carboxylic acids is 1. The predicted octanol–water partition coefficient (Wildman–Crippen LogP) is 2.66. The number of ether oxygens (including phenoxy) is 1. The maximum atomic E-state index is 12.5. The molecular formula is C19H21N3O9S. The number of nitro benzene ring substituents is 2. The largest absolute Gasteiger partial charge is 0.478 e. The molecule has 0 radical (unpaired) electrons. The van der Waals surface area contributed by atoms with E-state index in [0.717, 1.165) is 12.1 Å². The molecule has 0 amide bonds. The lowest BCUT2D eigenvalue weighted by atomic mass is 10.0. The molecule has 12 nitrogen and oxygen atoms in total.